The average molecular weight is 380 g/mol. The summed E-state index contributed by atoms with van der Waals surface area (Å²) in [6.45, 7) is 3.79. The topological polar surface area (TPSA) is 70.2 Å². The zero-order chi connectivity index (χ0) is 18.4. The second-order valence-corrected chi connectivity index (χ2v) is 6.58. The van der Waals surface area contributed by atoms with Crippen LogP contribution in [0.2, 0.25) is 10.0 Å². The molecule has 0 radical (unpaired) electrons. The van der Waals surface area contributed by atoms with Crippen LogP contribution in [0, 0.1) is 0 Å². The predicted octanol–water partition coefficient (Wildman–Crippen LogP) is 4.18. The van der Waals surface area contributed by atoms with Gasteiger partial charge in [-0.1, -0.05) is 29.3 Å². The lowest BCUT2D eigenvalue weighted by Crippen LogP contribution is -2.30. The van der Waals surface area contributed by atoms with Crippen molar-refractivity contribution in [2.45, 2.75) is 19.9 Å². The van der Waals surface area contributed by atoms with Crippen LogP contribution in [0.25, 0.3) is 0 Å². The molecule has 5 nitrogen and oxygen atoms in total. The molecule has 0 unspecified atom stereocenters. The molecule has 2 amide bonds. The first-order chi connectivity index (χ1) is 11.8. The molecule has 0 atom stereocenters. The molecule has 3 N–H and O–H groups in total. The van der Waals surface area contributed by atoms with Crippen LogP contribution in [-0.2, 0) is 4.79 Å². The fraction of sp³-hybridized carbons (Fsp3) is 0.222. The summed E-state index contributed by atoms with van der Waals surface area (Å²) >= 11 is 11.9. The zero-order valence-electron chi connectivity index (χ0n) is 13.9. The van der Waals surface area contributed by atoms with Gasteiger partial charge in [0.25, 0.3) is 5.91 Å². The van der Waals surface area contributed by atoms with Crippen LogP contribution in [0.15, 0.2) is 42.5 Å². The summed E-state index contributed by atoms with van der Waals surface area (Å²) < 4.78 is 0. The summed E-state index contributed by atoms with van der Waals surface area (Å²) in [6.07, 6.45) is 0. The van der Waals surface area contributed by atoms with E-state index in [2.05, 4.69) is 16.0 Å². The molecule has 2 aromatic carbocycles. The molecule has 0 aliphatic heterocycles. The Kier molecular flexibility index (Phi) is 6.67. The quantitative estimate of drug-likeness (QED) is 0.704. The van der Waals surface area contributed by atoms with Gasteiger partial charge < -0.3 is 16.0 Å². The maximum atomic E-state index is 12.1. The molecule has 0 saturated carbocycles. The molecule has 0 aliphatic carbocycles. The molecule has 0 spiro atoms. The summed E-state index contributed by atoms with van der Waals surface area (Å²) in [6, 6.07) is 11.8. The van der Waals surface area contributed by atoms with Crippen molar-refractivity contribution in [3.05, 3.63) is 58.1 Å². The molecule has 0 heterocycles. The molecule has 7 heteroatoms. The Morgan fingerprint density at radius 2 is 1.84 bits per heavy atom. The first kappa shape index (κ1) is 19.1. The molecule has 0 aromatic heterocycles. The number of carbonyl (C=O) groups excluding carboxylic acids is 2. The van der Waals surface area contributed by atoms with Gasteiger partial charge in [-0.2, -0.15) is 0 Å². The molecular weight excluding hydrogens is 361 g/mol. The lowest BCUT2D eigenvalue weighted by Gasteiger charge is -2.11. The maximum Gasteiger partial charge on any atom is 0.251 e. The smallest absolute Gasteiger partial charge is 0.251 e. The van der Waals surface area contributed by atoms with Crippen LogP contribution in [0.1, 0.15) is 24.2 Å². The van der Waals surface area contributed by atoms with E-state index in [1.807, 2.05) is 13.8 Å². The first-order valence-corrected chi connectivity index (χ1v) is 8.50. The number of rotatable bonds is 6. The number of halogens is 2. The zero-order valence-corrected chi connectivity index (χ0v) is 15.4. The molecule has 0 bridgehead atoms. The van der Waals surface area contributed by atoms with Crippen LogP contribution in [0.5, 0.6) is 0 Å². The monoisotopic (exact) mass is 379 g/mol. The Morgan fingerprint density at radius 3 is 2.56 bits per heavy atom. The highest BCUT2D eigenvalue weighted by molar-refractivity contribution is 6.35. The minimum Gasteiger partial charge on any atom is -0.375 e. The minimum atomic E-state index is -0.266. The summed E-state index contributed by atoms with van der Waals surface area (Å²) in [5.41, 5.74) is 1.60. The minimum absolute atomic E-state index is 0.0163. The second-order valence-electron chi connectivity index (χ2n) is 5.73. The average Bonchev–Trinajstić information content (AvgIpc) is 2.55. The number of hydrogen-bond acceptors (Lipinski definition) is 3. The third-order valence-corrected chi connectivity index (χ3v) is 3.76. The van der Waals surface area contributed by atoms with Crippen molar-refractivity contribution in [1.29, 1.82) is 0 Å². The molecular formula is C18H19Cl2N3O2. The third kappa shape index (κ3) is 5.96. The summed E-state index contributed by atoms with van der Waals surface area (Å²) in [7, 11) is 0. The number of hydrogen-bond donors (Lipinski definition) is 3. The van der Waals surface area contributed by atoms with Gasteiger partial charge in [0.2, 0.25) is 5.91 Å². The van der Waals surface area contributed by atoms with Gasteiger partial charge in [0.15, 0.2) is 0 Å². The van der Waals surface area contributed by atoms with Crippen LogP contribution >= 0.6 is 23.2 Å². The third-order valence-electron chi connectivity index (χ3n) is 3.20. The highest BCUT2D eigenvalue weighted by atomic mass is 35.5. The Bertz CT molecular complexity index is 779. The lowest BCUT2D eigenvalue weighted by atomic mass is 10.1. The number of amides is 2. The normalized spacial score (nSPS) is 10.4. The fourth-order valence-corrected chi connectivity index (χ4v) is 2.45. The summed E-state index contributed by atoms with van der Waals surface area (Å²) in [5.74, 6) is -0.451. The molecule has 2 aromatic rings. The number of benzene rings is 2. The van der Waals surface area contributed by atoms with Crippen molar-refractivity contribution in [3.63, 3.8) is 0 Å². The van der Waals surface area contributed by atoms with Crippen LogP contribution in [0.3, 0.4) is 0 Å². The van der Waals surface area contributed by atoms with Gasteiger partial charge in [0.1, 0.15) is 0 Å². The van der Waals surface area contributed by atoms with Crippen molar-refractivity contribution in [3.8, 4) is 0 Å². The largest absolute Gasteiger partial charge is 0.375 e. The van der Waals surface area contributed by atoms with Crippen LogP contribution in [-0.4, -0.2) is 24.4 Å². The van der Waals surface area contributed by atoms with E-state index in [0.29, 0.717) is 27.0 Å². The number of anilines is 2. The van der Waals surface area contributed by atoms with Crippen molar-refractivity contribution in [1.82, 2.24) is 5.32 Å². The van der Waals surface area contributed by atoms with E-state index in [4.69, 9.17) is 23.2 Å². The van der Waals surface area contributed by atoms with E-state index in [0.717, 1.165) is 0 Å². The lowest BCUT2D eigenvalue weighted by molar-refractivity contribution is -0.114. The number of carbonyl (C=O) groups is 2. The van der Waals surface area contributed by atoms with E-state index in [1.54, 1.807) is 42.5 Å². The summed E-state index contributed by atoms with van der Waals surface area (Å²) in [4.78, 5) is 24.1. The Hall–Kier alpha value is -2.24. The van der Waals surface area contributed by atoms with Gasteiger partial charge in [-0.3, -0.25) is 9.59 Å². The standard InChI is InChI=1S/C18H19Cl2N3O2/c1-11(2)22-18(25)12-4-3-5-14(8-12)23-17(24)10-21-16-9-13(19)6-7-15(16)20/h3-9,11,21H,10H2,1-2H3,(H,22,25)(H,23,24). The van der Waals surface area contributed by atoms with E-state index in [1.165, 1.54) is 0 Å². The van der Waals surface area contributed by atoms with E-state index in [-0.39, 0.29) is 24.4 Å². The van der Waals surface area contributed by atoms with Gasteiger partial charge in [-0.25, -0.2) is 0 Å². The van der Waals surface area contributed by atoms with E-state index >= 15 is 0 Å². The highest BCUT2D eigenvalue weighted by Crippen LogP contribution is 2.25. The maximum absolute atomic E-state index is 12.1. The van der Waals surface area contributed by atoms with Crippen LogP contribution < -0.4 is 16.0 Å². The van der Waals surface area contributed by atoms with Gasteiger partial charge >= 0.3 is 0 Å². The molecule has 0 aliphatic rings. The predicted molar refractivity (Wildman–Crippen MR) is 103 cm³/mol. The molecule has 0 fully saturated rings. The highest BCUT2D eigenvalue weighted by Gasteiger charge is 2.09. The first-order valence-electron chi connectivity index (χ1n) is 7.75. The van der Waals surface area contributed by atoms with Gasteiger partial charge in [0, 0.05) is 22.3 Å². The Balaban J connectivity index is 1.96. The van der Waals surface area contributed by atoms with Crippen molar-refractivity contribution in [2.24, 2.45) is 0 Å². The molecule has 25 heavy (non-hydrogen) atoms. The van der Waals surface area contributed by atoms with Gasteiger partial charge in [0.05, 0.1) is 17.3 Å². The van der Waals surface area contributed by atoms with Crippen molar-refractivity contribution >= 4 is 46.4 Å². The van der Waals surface area contributed by atoms with E-state index in [9.17, 15) is 9.59 Å². The Labute approximate surface area is 156 Å². The summed E-state index contributed by atoms with van der Waals surface area (Å²) in [5, 5.41) is 9.47. The Morgan fingerprint density at radius 1 is 1.08 bits per heavy atom. The van der Waals surface area contributed by atoms with E-state index < -0.39 is 0 Å². The molecule has 132 valence electrons. The SMILES string of the molecule is CC(C)NC(=O)c1cccc(NC(=O)CNc2cc(Cl)ccc2Cl)c1. The fourth-order valence-electron chi connectivity index (χ4n) is 2.10. The van der Waals surface area contributed by atoms with Gasteiger partial charge in [-0.05, 0) is 50.2 Å². The van der Waals surface area contributed by atoms with Crippen LogP contribution in [0.4, 0.5) is 11.4 Å². The van der Waals surface area contributed by atoms with Crippen molar-refractivity contribution < 1.29 is 9.59 Å². The second kappa shape index (κ2) is 8.74. The van der Waals surface area contributed by atoms with Crippen molar-refractivity contribution in [2.75, 3.05) is 17.2 Å². The van der Waals surface area contributed by atoms with Gasteiger partial charge in [-0.15, -0.1) is 0 Å². The number of nitrogens with one attached hydrogen (secondary N) is 3. The molecule has 2 rings (SSSR count). The molecule has 0 saturated heterocycles.